The van der Waals surface area contributed by atoms with Gasteiger partial charge >= 0.3 is 0 Å². The molecule has 13 heavy (non-hydrogen) atoms. The number of rotatable bonds is 2. The molecule has 0 saturated heterocycles. The van der Waals surface area contributed by atoms with E-state index in [2.05, 4.69) is 0 Å². The summed E-state index contributed by atoms with van der Waals surface area (Å²) in [5.74, 6) is -2.88. The van der Waals surface area contributed by atoms with E-state index < -0.39 is 5.92 Å². The van der Waals surface area contributed by atoms with Crippen LogP contribution >= 0.6 is 0 Å². The Morgan fingerprint density at radius 2 is 2.00 bits per heavy atom. The second-order valence-electron chi connectivity index (χ2n) is 3.21. The second kappa shape index (κ2) is 3.42. The van der Waals surface area contributed by atoms with Crippen LogP contribution in [0.4, 0.5) is 8.78 Å². The molecule has 0 saturated carbocycles. The number of aliphatic hydroxyl groups is 1. The largest absolute Gasteiger partial charge is 0.392 e. The van der Waals surface area contributed by atoms with Crippen LogP contribution in [0.15, 0.2) is 18.2 Å². The Bertz CT molecular complexity index is 302. The number of hydrogen-bond donors (Lipinski definition) is 1. The molecule has 0 spiro atoms. The standard InChI is InChI=1S/C10H12F2O/c1-7-3-4-9(10(2,11)12)8(5-7)6-13/h3-5,13H,6H2,1-2H3. The number of aliphatic hydroxyl groups excluding tert-OH is 1. The highest BCUT2D eigenvalue weighted by Crippen LogP contribution is 2.30. The summed E-state index contributed by atoms with van der Waals surface area (Å²) in [7, 11) is 0. The van der Waals surface area contributed by atoms with Crippen LogP contribution in [0.3, 0.4) is 0 Å². The van der Waals surface area contributed by atoms with E-state index >= 15 is 0 Å². The van der Waals surface area contributed by atoms with Gasteiger partial charge in [0.05, 0.1) is 6.61 Å². The summed E-state index contributed by atoms with van der Waals surface area (Å²) >= 11 is 0. The van der Waals surface area contributed by atoms with Crippen molar-refractivity contribution >= 4 is 0 Å². The predicted molar refractivity (Wildman–Crippen MR) is 46.7 cm³/mol. The smallest absolute Gasteiger partial charge is 0.270 e. The molecular weight excluding hydrogens is 174 g/mol. The Morgan fingerprint density at radius 3 is 2.46 bits per heavy atom. The van der Waals surface area contributed by atoms with Crippen molar-refractivity contribution < 1.29 is 13.9 Å². The monoisotopic (exact) mass is 186 g/mol. The first-order valence-electron chi connectivity index (χ1n) is 4.04. The zero-order chi connectivity index (χ0) is 10.1. The molecule has 0 unspecified atom stereocenters. The molecule has 1 N–H and O–H groups in total. The maximum atomic E-state index is 12.9. The van der Waals surface area contributed by atoms with Gasteiger partial charge in [0.1, 0.15) is 0 Å². The van der Waals surface area contributed by atoms with Gasteiger partial charge in [-0.3, -0.25) is 0 Å². The Kier molecular flexibility index (Phi) is 2.66. The van der Waals surface area contributed by atoms with E-state index in [4.69, 9.17) is 5.11 Å². The van der Waals surface area contributed by atoms with E-state index in [1.165, 1.54) is 6.07 Å². The number of hydrogen-bond acceptors (Lipinski definition) is 1. The lowest BCUT2D eigenvalue weighted by Gasteiger charge is -2.14. The Labute approximate surface area is 76.0 Å². The summed E-state index contributed by atoms with van der Waals surface area (Å²) in [4.78, 5) is 0. The minimum absolute atomic E-state index is 0.0967. The van der Waals surface area contributed by atoms with E-state index in [1.807, 2.05) is 0 Å². The highest BCUT2D eigenvalue weighted by Gasteiger charge is 2.26. The normalized spacial score (nSPS) is 11.8. The summed E-state index contributed by atoms with van der Waals surface area (Å²) in [6.07, 6.45) is 0. The van der Waals surface area contributed by atoms with Crippen molar-refractivity contribution in [1.29, 1.82) is 0 Å². The van der Waals surface area contributed by atoms with Crippen LogP contribution < -0.4 is 0 Å². The lowest BCUT2D eigenvalue weighted by atomic mass is 10.0. The summed E-state index contributed by atoms with van der Waals surface area (Å²) in [6, 6.07) is 4.56. The zero-order valence-corrected chi connectivity index (χ0v) is 7.64. The average molecular weight is 186 g/mol. The fraction of sp³-hybridized carbons (Fsp3) is 0.400. The van der Waals surface area contributed by atoms with Gasteiger partial charge in [-0.1, -0.05) is 23.8 Å². The molecule has 0 radical (unpaired) electrons. The van der Waals surface area contributed by atoms with Crippen LogP contribution in [-0.2, 0) is 12.5 Å². The molecule has 3 heteroatoms. The minimum Gasteiger partial charge on any atom is -0.392 e. The summed E-state index contributed by atoms with van der Waals surface area (Å²) in [6.45, 7) is 2.29. The molecule has 1 nitrogen and oxygen atoms in total. The van der Waals surface area contributed by atoms with E-state index in [-0.39, 0.29) is 12.2 Å². The van der Waals surface area contributed by atoms with Crippen molar-refractivity contribution in [3.8, 4) is 0 Å². The molecule has 0 aliphatic carbocycles. The molecule has 0 fully saturated rings. The van der Waals surface area contributed by atoms with Crippen molar-refractivity contribution in [2.45, 2.75) is 26.4 Å². The van der Waals surface area contributed by atoms with Crippen molar-refractivity contribution in [3.05, 3.63) is 34.9 Å². The third-order valence-electron chi connectivity index (χ3n) is 1.90. The number of halogens is 2. The average Bonchev–Trinajstić information content (AvgIpc) is 2.01. The van der Waals surface area contributed by atoms with Crippen LogP contribution in [0.25, 0.3) is 0 Å². The van der Waals surface area contributed by atoms with Gasteiger partial charge in [-0.15, -0.1) is 0 Å². The van der Waals surface area contributed by atoms with Gasteiger partial charge in [-0.25, -0.2) is 8.78 Å². The van der Waals surface area contributed by atoms with E-state index in [0.717, 1.165) is 12.5 Å². The molecule has 1 aromatic carbocycles. The maximum absolute atomic E-state index is 12.9. The number of benzene rings is 1. The van der Waals surface area contributed by atoms with E-state index in [1.54, 1.807) is 19.1 Å². The van der Waals surface area contributed by atoms with Crippen LogP contribution in [-0.4, -0.2) is 5.11 Å². The molecule has 0 aliphatic heterocycles. The van der Waals surface area contributed by atoms with Crippen LogP contribution in [0, 0.1) is 6.92 Å². The van der Waals surface area contributed by atoms with Gasteiger partial charge < -0.3 is 5.11 Å². The molecule has 0 heterocycles. The molecule has 0 atom stereocenters. The summed E-state index contributed by atoms with van der Waals surface area (Å²) in [5, 5.41) is 8.87. The van der Waals surface area contributed by atoms with Crippen molar-refractivity contribution in [3.63, 3.8) is 0 Å². The lowest BCUT2D eigenvalue weighted by molar-refractivity contribution is 0.0153. The molecule has 72 valence electrons. The zero-order valence-electron chi connectivity index (χ0n) is 7.64. The molecule has 0 amide bonds. The second-order valence-corrected chi connectivity index (χ2v) is 3.21. The topological polar surface area (TPSA) is 20.2 Å². The Hall–Kier alpha value is -0.960. The molecular formula is C10H12F2O. The first-order valence-corrected chi connectivity index (χ1v) is 4.04. The predicted octanol–water partition coefficient (Wildman–Crippen LogP) is 2.60. The SMILES string of the molecule is Cc1ccc(C(C)(F)F)c(CO)c1. The first-order chi connectivity index (χ1) is 5.95. The Morgan fingerprint density at radius 1 is 1.38 bits per heavy atom. The van der Waals surface area contributed by atoms with Gasteiger partial charge in [0, 0.05) is 12.5 Å². The van der Waals surface area contributed by atoms with Crippen molar-refractivity contribution in [2.24, 2.45) is 0 Å². The lowest BCUT2D eigenvalue weighted by Crippen LogP contribution is -2.10. The summed E-state index contributed by atoms with van der Waals surface area (Å²) in [5.41, 5.74) is 1.07. The van der Waals surface area contributed by atoms with E-state index in [0.29, 0.717) is 5.56 Å². The molecule has 1 aromatic rings. The number of aryl methyl sites for hydroxylation is 1. The molecule has 0 aliphatic rings. The quantitative estimate of drug-likeness (QED) is 0.752. The fourth-order valence-electron chi connectivity index (χ4n) is 1.28. The van der Waals surface area contributed by atoms with Gasteiger partial charge in [-0.2, -0.15) is 0 Å². The highest BCUT2D eigenvalue weighted by atomic mass is 19.3. The fourth-order valence-corrected chi connectivity index (χ4v) is 1.28. The third-order valence-corrected chi connectivity index (χ3v) is 1.90. The number of alkyl halides is 2. The maximum Gasteiger partial charge on any atom is 0.270 e. The third kappa shape index (κ3) is 2.25. The van der Waals surface area contributed by atoms with Gasteiger partial charge in [0.15, 0.2) is 0 Å². The van der Waals surface area contributed by atoms with Crippen molar-refractivity contribution in [2.75, 3.05) is 0 Å². The first kappa shape index (κ1) is 10.1. The van der Waals surface area contributed by atoms with Gasteiger partial charge in [0.2, 0.25) is 0 Å². The summed E-state index contributed by atoms with van der Waals surface area (Å²) < 4.78 is 25.8. The van der Waals surface area contributed by atoms with Gasteiger partial charge in [0.25, 0.3) is 5.92 Å². The minimum atomic E-state index is -2.88. The molecule has 0 bridgehead atoms. The molecule has 0 aromatic heterocycles. The van der Waals surface area contributed by atoms with E-state index in [9.17, 15) is 8.78 Å². The Balaban J connectivity index is 3.22. The molecule has 1 rings (SSSR count). The highest BCUT2D eigenvalue weighted by molar-refractivity contribution is 5.33. The van der Waals surface area contributed by atoms with Crippen LogP contribution in [0.1, 0.15) is 23.6 Å². The van der Waals surface area contributed by atoms with Crippen LogP contribution in [0.5, 0.6) is 0 Å². The van der Waals surface area contributed by atoms with Crippen molar-refractivity contribution in [1.82, 2.24) is 0 Å². The van der Waals surface area contributed by atoms with Crippen LogP contribution in [0.2, 0.25) is 0 Å². The van der Waals surface area contributed by atoms with Gasteiger partial charge in [-0.05, 0) is 12.5 Å².